The van der Waals surface area contributed by atoms with E-state index >= 15 is 0 Å². The molecule has 0 spiro atoms. The second kappa shape index (κ2) is 8.55. The van der Waals surface area contributed by atoms with Crippen molar-refractivity contribution in [3.05, 3.63) is 40.9 Å². The third-order valence-electron chi connectivity index (χ3n) is 5.56. The fourth-order valence-electron chi connectivity index (χ4n) is 3.96. The smallest absolute Gasteiger partial charge is 0.131 e. The first-order chi connectivity index (χ1) is 13.6. The summed E-state index contributed by atoms with van der Waals surface area (Å²) >= 11 is 6.16. The van der Waals surface area contributed by atoms with Gasteiger partial charge in [-0.15, -0.1) is 0 Å². The van der Waals surface area contributed by atoms with Crippen LogP contribution < -0.4 is 5.32 Å². The van der Waals surface area contributed by atoms with Gasteiger partial charge in [0.25, 0.3) is 0 Å². The zero-order valence-electron chi connectivity index (χ0n) is 16.7. The van der Waals surface area contributed by atoms with Crippen molar-refractivity contribution in [3.8, 4) is 11.8 Å². The van der Waals surface area contributed by atoms with Crippen LogP contribution in [0.1, 0.15) is 55.7 Å². The summed E-state index contributed by atoms with van der Waals surface area (Å²) in [7, 11) is 4.31. The normalized spacial score (nSPS) is 22.0. The minimum atomic E-state index is 0.468. The molecule has 0 amide bonds. The van der Waals surface area contributed by atoms with Crippen LogP contribution in [0.5, 0.6) is 0 Å². The molecule has 2 aromatic heterocycles. The maximum atomic E-state index is 6.16. The van der Waals surface area contributed by atoms with Gasteiger partial charge in [-0.2, -0.15) is 5.10 Å². The van der Waals surface area contributed by atoms with Gasteiger partial charge >= 0.3 is 0 Å². The van der Waals surface area contributed by atoms with Crippen molar-refractivity contribution < 1.29 is 0 Å². The lowest BCUT2D eigenvalue weighted by Crippen LogP contribution is -2.31. The Morgan fingerprint density at radius 2 is 1.93 bits per heavy atom. The molecule has 0 aliphatic heterocycles. The van der Waals surface area contributed by atoms with Gasteiger partial charge < -0.3 is 10.2 Å². The molecule has 0 saturated heterocycles. The lowest BCUT2D eigenvalue weighted by atomic mass is 9.85. The summed E-state index contributed by atoms with van der Waals surface area (Å²) in [4.78, 5) is 6.52. The van der Waals surface area contributed by atoms with Crippen LogP contribution in [0.25, 0.3) is 0 Å². The van der Waals surface area contributed by atoms with Gasteiger partial charge in [0.2, 0.25) is 0 Å². The van der Waals surface area contributed by atoms with Crippen LogP contribution in [0.3, 0.4) is 0 Å². The fourth-order valence-corrected chi connectivity index (χ4v) is 4.11. The van der Waals surface area contributed by atoms with Crippen molar-refractivity contribution in [2.45, 2.75) is 50.6 Å². The van der Waals surface area contributed by atoms with Gasteiger partial charge in [-0.3, -0.25) is 4.68 Å². The molecule has 0 atom stereocenters. The largest absolute Gasteiger partial charge is 0.381 e. The fraction of sp³-hybridized carbons (Fsp3) is 0.545. The molecule has 2 saturated carbocycles. The van der Waals surface area contributed by atoms with E-state index in [-0.39, 0.29) is 0 Å². The van der Waals surface area contributed by atoms with Crippen LogP contribution in [0.4, 0.5) is 5.69 Å². The van der Waals surface area contributed by atoms with Crippen molar-refractivity contribution in [2.24, 2.45) is 5.92 Å². The van der Waals surface area contributed by atoms with E-state index < -0.39 is 0 Å². The molecule has 1 N–H and O–H groups in total. The maximum Gasteiger partial charge on any atom is 0.131 e. The van der Waals surface area contributed by atoms with Crippen LogP contribution in [0.15, 0.2) is 24.7 Å². The van der Waals surface area contributed by atoms with E-state index in [4.69, 9.17) is 11.6 Å². The maximum absolute atomic E-state index is 6.16. The number of pyridine rings is 1. The lowest BCUT2D eigenvalue weighted by molar-refractivity contribution is 0.255. The Kier molecular flexibility index (Phi) is 5.89. The number of anilines is 1. The molecule has 2 heterocycles. The predicted molar refractivity (Wildman–Crippen MR) is 114 cm³/mol. The van der Waals surface area contributed by atoms with Crippen molar-refractivity contribution >= 4 is 17.3 Å². The standard InChI is InChI=1S/C22H28ClN5/c1-27(2)14-16-4-7-19(8-5-16)26-21-11-22(23)24-13-18(21)6-3-17-12-25-28(15-17)20-9-10-20/h11-13,15-16,19-20H,4-5,7-10,14H2,1-2H3,(H,24,26). The molecule has 0 radical (unpaired) electrons. The molecule has 2 fully saturated rings. The Hall–Kier alpha value is -2.03. The summed E-state index contributed by atoms with van der Waals surface area (Å²) in [5.41, 5.74) is 2.81. The number of nitrogens with zero attached hydrogens (tertiary/aromatic N) is 4. The summed E-state index contributed by atoms with van der Waals surface area (Å²) < 4.78 is 2.02. The van der Waals surface area contributed by atoms with Crippen LogP contribution in [-0.2, 0) is 0 Å². The minimum Gasteiger partial charge on any atom is -0.381 e. The zero-order chi connectivity index (χ0) is 19.5. The summed E-state index contributed by atoms with van der Waals surface area (Å²) in [5.74, 6) is 7.29. The van der Waals surface area contributed by atoms with Crippen LogP contribution in [-0.4, -0.2) is 46.3 Å². The molecule has 5 nitrogen and oxygen atoms in total. The van der Waals surface area contributed by atoms with Gasteiger partial charge in [-0.05, 0) is 64.6 Å². The molecule has 0 unspecified atom stereocenters. The monoisotopic (exact) mass is 397 g/mol. The Bertz CT molecular complexity index is 867. The van der Waals surface area contributed by atoms with E-state index in [0.717, 1.165) is 22.7 Å². The highest BCUT2D eigenvalue weighted by Crippen LogP contribution is 2.34. The summed E-state index contributed by atoms with van der Waals surface area (Å²) in [6, 6.07) is 2.94. The first kappa shape index (κ1) is 19.3. The number of hydrogen-bond acceptors (Lipinski definition) is 4. The highest BCUT2D eigenvalue weighted by molar-refractivity contribution is 6.29. The average molecular weight is 398 g/mol. The Labute approximate surface area is 172 Å². The summed E-state index contributed by atoms with van der Waals surface area (Å²) in [6.45, 7) is 1.18. The first-order valence-electron chi connectivity index (χ1n) is 10.2. The van der Waals surface area contributed by atoms with Gasteiger partial charge in [0.1, 0.15) is 5.15 Å². The van der Waals surface area contributed by atoms with Gasteiger partial charge in [0.05, 0.1) is 29.1 Å². The Morgan fingerprint density at radius 1 is 1.14 bits per heavy atom. The molecule has 2 aromatic rings. The second-order valence-corrected chi connectivity index (χ2v) is 8.75. The summed E-state index contributed by atoms with van der Waals surface area (Å²) in [5, 5.41) is 8.58. The Morgan fingerprint density at radius 3 is 2.64 bits per heavy atom. The van der Waals surface area contributed by atoms with E-state index in [1.807, 2.05) is 23.1 Å². The molecule has 6 heteroatoms. The van der Waals surface area contributed by atoms with Crippen LogP contribution in [0, 0.1) is 17.8 Å². The number of halogens is 1. The van der Waals surface area contributed by atoms with Gasteiger partial charge in [-0.1, -0.05) is 23.4 Å². The third-order valence-corrected chi connectivity index (χ3v) is 5.77. The first-order valence-corrected chi connectivity index (χ1v) is 10.6. The quantitative estimate of drug-likeness (QED) is 0.606. The van der Waals surface area contributed by atoms with Crippen molar-refractivity contribution in [1.29, 1.82) is 0 Å². The number of aromatic nitrogens is 3. The molecule has 4 rings (SSSR count). The molecular formula is C22H28ClN5. The molecular weight excluding hydrogens is 370 g/mol. The van der Waals surface area contributed by atoms with Gasteiger partial charge in [0.15, 0.2) is 0 Å². The molecule has 0 aromatic carbocycles. The summed E-state index contributed by atoms with van der Waals surface area (Å²) in [6.07, 6.45) is 13.0. The Balaban J connectivity index is 1.43. The van der Waals surface area contributed by atoms with Gasteiger partial charge in [-0.25, -0.2) is 4.98 Å². The van der Waals surface area contributed by atoms with Crippen molar-refractivity contribution in [3.63, 3.8) is 0 Å². The molecule has 2 aliphatic carbocycles. The SMILES string of the molecule is CN(C)CC1CCC(Nc2cc(Cl)ncc2C#Cc2cnn(C3CC3)c2)CC1. The predicted octanol–water partition coefficient (Wildman–Crippen LogP) is 4.20. The van der Waals surface area contributed by atoms with E-state index in [2.05, 4.69) is 46.2 Å². The lowest BCUT2D eigenvalue weighted by Gasteiger charge is -2.31. The highest BCUT2D eigenvalue weighted by atomic mass is 35.5. The topological polar surface area (TPSA) is 46.0 Å². The van der Waals surface area contributed by atoms with Crippen LogP contribution >= 0.6 is 11.6 Å². The zero-order valence-corrected chi connectivity index (χ0v) is 17.4. The number of rotatable bonds is 5. The molecule has 28 heavy (non-hydrogen) atoms. The average Bonchev–Trinajstić information content (AvgIpc) is 3.41. The van der Waals surface area contributed by atoms with E-state index in [1.165, 1.54) is 45.1 Å². The van der Waals surface area contributed by atoms with E-state index in [1.54, 1.807) is 6.20 Å². The van der Waals surface area contributed by atoms with E-state index in [9.17, 15) is 0 Å². The number of nitrogens with one attached hydrogen (secondary N) is 1. The van der Waals surface area contributed by atoms with Gasteiger partial charge in [0, 0.05) is 25.0 Å². The van der Waals surface area contributed by atoms with Crippen LogP contribution in [0.2, 0.25) is 5.15 Å². The van der Waals surface area contributed by atoms with Crippen molar-refractivity contribution in [2.75, 3.05) is 26.0 Å². The second-order valence-electron chi connectivity index (χ2n) is 8.37. The van der Waals surface area contributed by atoms with Crippen molar-refractivity contribution in [1.82, 2.24) is 19.7 Å². The number of hydrogen-bond donors (Lipinski definition) is 1. The molecule has 148 valence electrons. The third kappa shape index (κ3) is 5.06. The molecule has 0 bridgehead atoms. The minimum absolute atomic E-state index is 0.468. The van der Waals surface area contributed by atoms with E-state index in [0.29, 0.717) is 17.2 Å². The highest BCUT2D eigenvalue weighted by Gasteiger charge is 2.24. The molecule has 2 aliphatic rings.